The Bertz CT molecular complexity index is 230. The highest BCUT2D eigenvalue weighted by atomic mass is 14.7. The molecule has 1 aliphatic carbocycles. The molecule has 0 aromatic heterocycles. The molecule has 0 spiro atoms. The molecule has 0 bridgehead atoms. The average Bonchev–Trinajstić information content (AvgIpc) is 2.19. The van der Waals surface area contributed by atoms with Gasteiger partial charge < -0.3 is 0 Å². The molecule has 1 fully saturated rings. The van der Waals surface area contributed by atoms with Crippen molar-refractivity contribution in [2.24, 2.45) is 16.8 Å². The van der Waals surface area contributed by atoms with Gasteiger partial charge in [-0.2, -0.15) is 0 Å². The van der Waals surface area contributed by atoms with Crippen molar-refractivity contribution in [3.8, 4) is 0 Å². The standard InChI is InChI=1S/C13H21N/c1-4-6-13(14-5-2)12-9-7-11(3)8-10-12/h4-6,11-12H,1,7-10H2,2-3H3/b13-6-,14-5?. The van der Waals surface area contributed by atoms with Crippen molar-refractivity contribution in [2.75, 3.05) is 0 Å². The van der Waals surface area contributed by atoms with Gasteiger partial charge in [0.2, 0.25) is 0 Å². The van der Waals surface area contributed by atoms with Crippen LogP contribution in [0.5, 0.6) is 0 Å². The molecule has 0 atom stereocenters. The Morgan fingerprint density at radius 3 is 2.43 bits per heavy atom. The van der Waals surface area contributed by atoms with Crippen molar-refractivity contribution in [1.29, 1.82) is 0 Å². The van der Waals surface area contributed by atoms with Crippen molar-refractivity contribution >= 4 is 6.21 Å². The van der Waals surface area contributed by atoms with E-state index in [-0.39, 0.29) is 0 Å². The van der Waals surface area contributed by atoms with Gasteiger partial charge in [-0.25, -0.2) is 0 Å². The minimum absolute atomic E-state index is 0.667. The molecule has 0 heterocycles. The van der Waals surface area contributed by atoms with Crippen molar-refractivity contribution in [3.05, 3.63) is 24.4 Å². The van der Waals surface area contributed by atoms with E-state index in [1.54, 1.807) is 0 Å². The number of hydrogen-bond acceptors (Lipinski definition) is 1. The number of aliphatic imine (C=N–C) groups is 1. The van der Waals surface area contributed by atoms with Crippen molar-refractivity contribution in [1.82, 2.24) is 0 Å². The van der Waals surface area contributed by atoms with Crippen LogP contribution in [0.3, 0.4) is 0 Å². The van der Waals surface area contributed by atoms with Gasteiger partial charge in [0.1, 0.15) is 0 Å². The third-order valence-electron chi connectivity index (χ3n) is 3.00. The predicted molar refractivity (Wildman–Crippen MR) is 63.6 cm³/mol. The second-order valence-corrected chi connectivity index (χ2v) is 4.17. The van der Waals surface area contributed by atoms with E-state index in [9.17, 15) is 0 Å². The summed E-state index contributed by atoms with van der Waals surface area (Å²) in [6.07, 6.45) is 11.1. The molecule has 1 aliphatic rings. The Labute approximate surface area is 87.6 Å². The SMILES string of the molecule is C=C/C=C(\N=CC)C1CCC(C)CC1. The van der Waals surface area contributed by atoms with E-state index in [4.69, 9.17) is 0 Å². The van der Waals surface area contributed by atoms with Gasteiger partial charge in [0.05, 0.1) is 0 Å². The van der Waals surface area contributed by atoms with Crippen LogP contribution in [0.25, 0.3) is 0 Å². The van der Waals surface area contributed by atoms with Crippen LogP contribution in [0, 0.1) is 11.8 Å². The number of allylic oxidation sites excluding steroid dienone is 3. The Kier molecular flexibility index (Phi) is 4.64. The van der Waals surface area contributed by atoms with Crippen LogP contribution in [-0.2, 0) is 0 Å². The monoisotopic (exact) mass is 191 g/mol. The molecule has 0 amide bonds. The Hall–Kier alpha value is -0.850. The highest BCUT2D eigenvalue weighted by Crippen LogP contribution is 2.33. The lowest BCUT2D eigenvalue weighted by Gasteiger charge is -2.26. The summed E-state index contributed by atoms with van der Waals surface area (Å²) in [5.74, 6) is 1.57. The first-order valence-electron chi connectivity index (χ1n) is 5.59. The molecular weight excluding hydrogens is 170 g/mol. The summed E-state index contributed by atoms with van der Waals surface area (Å²) in [4.78, 5) is 4.43. The van der Waals surface area contributed by atoms with Crippen molar-refractivity contribution in [3.63, 3.8) is 0 Å². The maximum atomic E-state index is 4.43. The molecule has 0 N–H and O–H groups in total. The van der Waals surface area contributed by atoms with E-state index in [1.165, 1.54) is 31.4 Å². The maximum Gasteiger partial charge on any atom is 0.0430 e. The molecule has 0 aliphatic heterocycles. The Morgan fingerprint density at radius 1 is 1.29 bits per heavy atom. The van der Waals surface area contributed by atoms with E-state index < -0.39 is 0 Å². The fourth-order valence-corrected chi connectivity index (χ4v) is 2.11. The van der Waals surface area contributed by atoms with Gasteiger partial charge in [0, 0.05) is 17.8 Å². The zero-order valence-electron chi connectivity index (χ0n) is 9.37. The Balaban J connectivity index is 2.61. The molecule has 1 saturated carbocycles. The van der Waals surface area contributed by atoms with Gasteiger partial charge >= 0.3 is 0 Å². The molecule has 0 saturated heterocycles. The van der Waals surface area contributed by atoms with Gasteiger partial charge in [0.25, 0.3) is 0 Å². The summed E-state index contributed by atoms with van der Waals surface area (Å²) < 4.78 is 0. The summed E-state index contributed by atoms with van der Waals surface area (Å²) in [5, 5.41) is 0. The minimum Gasteiger partial charge on any atom is -0.266 e. The quantitative estimate of drug-likeness (QED) is 0.473. The summed E-state index contributed by atoms with van der Waals surface area (Å²) >= 11 is 0. The van der Waals surface area contributed by atoms with Crippen LogP contribution >= 0.6 is 0 Å². The van der Waals surface area contributed by atoms with Gasteiger partial charge in [-0.3, -0.25) is 4.99 Å². The lowest BCUT2D eigenvalue weighted by molar-refractivity contribution is 0.319. The lowest BCUT2D eigenvalue weighted by atomic mass is 9.81. The van der Waals surface area contributed by atoms with Crippen LogP contribution in [0.15, 0.2) is 29.4 Å². The molecule has 0 aromatic rings. The third-order valence-corrected chi connectivity index (χ3v) is 3.00. The normalized spacial score (nSPS) is 29.4. The lowest BCUT2D eigenvalue weighted by Crippen LogP contribution is -2.13. The molecule has 0 unspecified atom stereocenters. The summed E-state index contributed by atoms with van der Waals surface area (Å²) in [5.41, 5.74) is 1.22. The maximum absolute atomic E-state index is 4.43. The smallest absolute Gasteiger partial charge is 0.0430 e. The molecule has 1 heteroatoms. The van der Waals surface area contributed by atoms with Crippen LogP contribution in [0.2, 0.25) is 0 Å². The molecule has 1 rings (SSSR count). The van der Waals surface area contributed by atoms with E-state index in [0.29, 0.717) is 5.92 Å². The summed E-state index contributed by atoms with van der Waals surface area (Å²) in [6, 6.07) is 0. The first-order chi connectivity index (χ1) is 6.77. The molecular formula is C13H21N. The van der Waals surface area contributed by atoms with Gasteiger partial charge in [-0.15, -0.1) is 0 Å². The van der Waals surface area contributed by atoms with Crippen LogP contribution in [-0.4, -0.2) is 6.21 Å². The second-order valence-electron chi connectivity index (χ2n) is 4.17. The summed E-state index contributed by atoms with van der Waals surface area (Å²) in [7, 11) is 0. The van der Waals surface area contributed by atoms with Gasteiger partial charge in [-0.05, 0) is 31.8 Å². The highest BCUT2D eigenvalue weighted by molar-refractivity contribution is 5.55. The van der Waals surface area contributed by atoms with E-state index in [0.717, 1.165) is 5.92 Å². The van der Waals surface area contributed by atoms with Crippen molar-refractivity contribution in [2.45, 2.75) is 39.5 Å². The average molecular weight is 191 g/mol. The molecule has 78 valence electrons. The number of nitrogens with zero attached hydrogens (tertiary/aromatic N) is 1. The van der Waals surface area contributed by atoms with Crippen LogP contribution < -0.4 is 0 Å². The van der Waals surface area contributed by atoms with E-state index in [1.807, 2.05) is 19.2 Å². The minimum atomic E-state index is 0.667. The zero-order valence-corrected chi connectivity index (χ0v) is 9.37. The third kappa shape index (κ3) is 3.13. The highest BCUT2D eigenvalue weighted by Gasteiger charge is 2.20. The molecule has 1 nitrogen and oxygen atoms in total. The van der Waals surface area contributed by atoms with Crippen molar-refractivity contribution < 1.29 is 0 Å². The number of rotatable bonds is 3. The fraction of sp³-hybridized carbons (Fsp3) is 0.615. The Morgan fingerprint density at radius 2 is 1.93 bits per heavy atom. The molecule has 0 aromatic carbocycles. The second kappa shape index (κ2) is 5.79. The fourth-order valence-electron chi connectivity index (χ4n) is 2.11. The number of hydrogen-bond donors (Lipinski definition) is 0. The largest absolute Gasteiger partial charge is 0.266 e. The predicted octanol–water partition coefficient (Wildman–Crippen LogP) is 3.97. The summed E-state index contributed by atoms with van der Waals surface area (Å²) in [6.45, 7) is 8.06. The molecule has 14 heavy (non-hydrogen) atoms. The topological polar surface area (TPSA) is 12.4 Å². The first kappa shape index (κ1) is 11.2. The first-order valence-corrected chi connectivity index (χ1v) is 5.59. The van der Waals surface area contributed by atoms with Gasteiger partial charge in [-0.1, -0.05) is 32.4 Å². The van der Waals surface area contributed by atoms with Crippen LogP contribution in [0.4, 0.5) is 0 Å². The van der Waals surface area contributed by atoms with Gasteiger partial charge in [0.15, 0.2) is 0 Å². The van der Waals surface area contributed by atoms with Crippen LogP contribution in [0.1, 0.15) is 39.5 Å². The van der Waals surface area contributed by atoms with E-state index in [2.05, 4.69) is 24.6 Å². The zero-order chi connectivity index (χ0) is 10.4. The molecule has 0 radical (unpaired) electrons. The van der Waals surface area contributed by atoms with E-state index >= 15 is 0 Å².